The second kappa shape index (κ2) is 4.63. The molecule has 0 fully saturated rings. The van der Waals surface area contributed by atoms with Crippen molar-refractivity contribution in [3.8, 4) is 0 Å². The first kappa shape index (κ1) is 9.75. The van der Waals surface area contributed by atoms with Crippen LogP contribution in [0.4, 0.5) is 0 Å². The Morgan fingerprint density at radius 2 is 2.17 bits per heavy atom. The Balaban J connectivity index is 2.75. The van der Waals surface area contributed by atoms with Gasteiger partial charge in [-0.3, -0.25) is 0 Å². The zero-order chi connectivity index (χ0) is 8.97. The average Bonchev–Trinajstić information content (AvgIpc) is 2.07. The summed E-state index contributed by atoms with van der Waals surface area (Å²) in [6, 6.07) is 6.42. The molecule has 0 aliphatic heterocycles. The van der Waals surface area contributed by atoms with Gasteiger partial charge in [-0.1, -0.05) is 22.0 Å². The van der Waals surface area contributed by atoms with Crippen molar-refractivity contribution in [2.45, 2.75) is 13.3 Å². The number of aryl methyl sites for hydroxylation is 1. The maximum Gasteiger partial charge on any atom is 0.0178 e. The van der Waals surface area contributed by atoms with Gasteiger partial charge in [0.15, 0.2) is 0 Å². The Hall–Kier alpha value is -0.340. The number of benzene rings is 1. The van der Waals surface area contributed by atoms with Gasteiger partial charge in [0.1, 0.15) is 0 Å². The van der Waals surface area contributed by atoms with Crippen molar-refractivity contribution >= 4 is 15.9 Å². The van der Waals surface area contributed by atoms with Crippen molar-refractivity contribution in [3.05, 3.63) is 33.8 Å². The van der Waals surface area contributed by atoms with Gasteiger partial charge in [-0.15, -0.1) is 0 Å². The highest BCUT2D eigenvalue weighted by molar-refractivity contribution is 9.10. The van der Waals surface area contributed by atoms with Crippen LogP contribution in [0.3, 0.4) is 0 Å². The van der Waals surface area contributed by atoms with Crippen molar-refractivity contribution in [1.29, 1.82) is 0 Å². The van der Waals surface area contributed by atoms with Gasteiger partial charge in [0, 0.05) is 4.47 Å². The van der Waals surface area contributed by atoms with Crippen LogP contribution in [0.1, 0.15) is 11.1 Å². The molecule has 1 rings (SSSR count). The molecule has 0 spiro atoms. The molecule has 0 saturated carbocycles. The number of halogens is 1. The van der Waals surface area contributed by atoms with Crippen LogP contribution in [-0.2, 0) is 6.42 Å². The lowest BCUT2D eigenvalue weighted by molar-refractivity contribution is 0.788. The number of likely N-dealkylation sites (N-methyl/N-ethyl adjacent to an activating group) is 1. The summed E-state index contributed by atoms with van der Waals surface area (Å²) >= 11 is 3.47. The first-order valence-electron chi connectivity index (χ1n) is 4.13. The molecule has 0 aliphatic carbocycles. The second-order valence-corrected chi connectivity index (χ2v) is 3.84. The van der Waals surface area contributed by atoms with E-state index in [0.717, 1.165) is 13.0 Å². The summed E-state index contributed by atoms with van der Waals surface area (Å²) in [4.78, 5) is 0. The molecule has 12 heavy (non-hydrogen) atoms. The van der Waals surface area contributed by atoms with E-state index in [2.05, 4.69) is 46.4 Å². The van der Waals surface area contributed by atoms with Crippen LogP contribution in [0, 0.1) is 6.92 Å². The van der Waals surface area contributed by atoms with Crippen LogP contribution < -0.4 is 5.32 Å². The number of rotatable bonds is 3. The molecule has 0 heterocycles. The molecule has 0 bridgehead atoms. The number of nitrogens with one attached hydrogen (secondary N) is 1. The first-order valence-corrected chi connectivity index (χ1v) is 4.93. The van der Waals surface area contributed by atoms with E-state index in [1.165, 1.54) is 15.6 Å². The summed E-state index contributed by atoms with van der Waals surface area (Å²) in [6.45, 7) is 3.19. The van der Waals surface area contributed by atoms with Gasteiger partial charge in [0.2, 0.25) is 0 Å². The fraction of sp³-hybridized carbons (Fsp3) is 0.400. The van der Waals surface area contributed by atoms with E-state index in [0.29, 0.717) is 0 Å². The molecule has 0 aliphatic rings. The maximum absolute atomic E-state index is 3.47. The van der Waals surface area contributed by atoms with Crippen molar-refractivity contribution in [2.24, 2.45) is 0 Å². The molecule has 1 nitrogen and oxygen atoms in total. The first-order chi connectivity index (χ1) is 5.74. The molecule has 0 aromatic heterocycles. The van der Waals surface area contributed by atoms with E-state index in [1.807, 2.05) is 7.05 Å². The highest BCUT2D eigenvalue weighted by atomic mass is 79.9. The molecule has 0 amide bonds. The molecule has 1 aromatic carbocycles. The van der Waals surface area contributed by atoms with E-state index < -0.39 is 0 Å². The Morgan fingerprint density at radius 3 is 2.83 bits per heavy atom. The fourth-order valence-corrected chi connectivity index (χ4v) is 1.58. The van der Waals surface area contributed by atoms with Crippen LogP contribution in [0.2, 0.25) is 0 Å². The predicted molar refractivity (Wildman–Crippen MR) is 56.5 cm³/mol. The van der Waals surface area contributed by atoms with Gasteiger partial charge in [-0.25, -0.2) is 0 Å². The summed E-state index contributed by atoms with van der Waals surface area (Å²) < 4.78 is 1.17. The molecule has 0 atom stereocenters. The van der Waals surface area contributed by atoms with Gasteiger partial charge in [-0.2, -0.15) is 0 Å². The zero-order valence-corrected chi connectivity index (χ0v) is 9.11. The van der Waals surface area contributed by atoms with Crippen molar-refractivity contribution in [1.82, 2.24) is 5.32 Å². The summed E-state index contributed by atoms with van der Waals surface area (Å²) in [5, 5.41) is 3.15. The van der Waals surface area contributed by atoms with Gasteiger partial charge in [0.05, 0.1) is 0 Å². The Morgan fingerprint density at radius 1 is 1.42 bits per heavy atom. The Bertz CT molecular complexity index is 258. The molecule has 66 valence electrons. The second-order valence-electron chi connectivity index (χ2n) is 2.92. The number of hydrogen-bond acceptors (Lipinski definition) is 1. The number of hydrogen-bond donors (Lipinski definition) is 1. The topological polar surface area (TPSA) is 12.0 Å². The molecular formula is C10H14BrN. The summed E-state index contributed by atoms with van der Waals surface area (Å²) in [5.41, 5.74) is 2.78. The van der Waals surface area contributed by atoms with E-state index in [9.17, 15) is 0 Å². The zero-order valence-electron chi connectivity index (χ0n) is 7.52. The molecule has 0 saturated heterocycles. The highest BCUT2D eigenvalue weighted by Crippen LogP contribution is 2.15. The fourth-order valence-electron chi connectivity index (χ4n) is 1.17. The molecule has 2 heteroatoms. The molecule has 0 radical (unpaired) electrons. The van der Waals surface area contributed by atoms with E-state index in [1.54, 1.807) is 0 Å². The highest BCUT2D eigenvalue weighted by Gasteiger charge is 1.97. The maximum atomic E-state index is 3.47. The van der Waals surface area contributed by atoms with Gasteiger partial charge >= 0.3 is 0 Å². The Kier molecular flexibility index (Phi) is 3.76. The minimum Gasteiger partial charge on any atom is -0.319 e. The summed E-state index contributed by atoms with van der Waals surface area (Å²) in [7, 11) is 1.98. The van der Waals surface area contributed by atoms with Crippen LogP contribution in [0.25, 0.3) is 0 Å². The predicted octanol–water partition coefficient (Wildman–Crippen LogP) is 2.52. The largest absolute Gasteiger partial charge is 0.319 e. The van der Waals surface area contributed by atoms with Gasteiger partial charge < -0.3 is 5.32 Å². The monoisotopic (exact) mass is 227 g/mol. The normalized spacial score (nSPS) is 10.2. The third kappa shape index (κ3) is 2.61. The third-order valence-electron chi connectivity index (χ3n) is 1.96. The molecule has 1 aromatic rings. The lowest BCUT2D eigenvalue weighted by Gasteiger charge is -2.05. The van der Waals surface area contributed by atoms with E-state index >= 15 is 0 Å². The minimum atomic E-state index is 1.04. The molecular weight excluding hydrogens is 214 g/mol. The molecule has 1 N–H and O–H groups in total. The smallest absolute Gasteiger partial charge is 0.0178 e. The van der Waals surface area contributed by atoms with Crippen molar-refractivity contribution < 1.29 is 0 Å². The van der Waals surface area contributed by atoms with E-state index in [4.69, 9.17) is 0 Å². The lowest BCUT2D eigenvalue weighted by atomic mass is 10.1. The van der Waals surface area contributed by atoms with Crippen molar-refractivity contribution in [3.63, 3.8) is 0 Å². The van der Waals surface area contributed by atoms with Crippen molar-refractivity contribution in [2.75, 3.05) is 13.6 Å². The van der Waals surface area contributed by atoms with E-state index in [-0.39, 0.29) is 0 Å². The standard InChI is InChI=1S/C10H14BrN/c1-8-3-4-10(11)7-9(8)5-6-12-2/h3-4,7,12H,5-6H2,1-2H3. The van der Waals surface area contributed by atoms with Gasteiger partial charge in [-0.05, 0) is 50.2 Å². The summed E-state index contributed by atoms with van der Waals surface area (Å²) in [6.07, 6.45) is 1.10. The average molecular weight is 228 g/mol. The summed E-state index contributed by atoms with van der Waals surface area (Å²) in [5.74, 6) is 0. The van der Waals surface area contributed by atoms with Gasteiger partial charge in [0.25, 0.3) is 0 Å². The lowest BCUT2D eigenvalue weighted by Crippen LogP contribution is -2.10. The van der Waals surface area contributed by atoms with Crippen LogP contribution in [0.5, 0.6) is 0 Å². The Labute approximate surface area is 82.3 Å². The SMILES string of the molecule is CNCCc1cc(Br)ccc1C. The quantitative estimate of drug-likeness (QED) is 0.838. The van der Waals surface area contributed by atoms with Crippen LogP contribution >= 0.6 is 15.9 Å². The third-order valence-corrected chi connectivity index (χ3v) is 2.45. The minimum absolute atomic E-state index is 1.04. The van der Waals surface area contributed by atoms with Crippen LogP contribution in [0.15, 0.2) is 22.7 Å². The molecule has 0 unspecified atom stereocenters. The van der Waals surface area contributed by atoms with Crippen LogP contribution in [-0.4, -0.2) is 13.6 Å².